The summed E-state index contributed by atoms with van der Waals surface area (Å²) in [5.74, 6) is 0. The van der Waals surface area contributed by atoms with Crippen molar-refractivity contribution in [2.45, 2.75) is 32.2 Å². The molecule has 104 valence electrons. The van der Waals surface area contributed by atoms with Crippen LogP contribution in [0.25, 0.3) is 0 Å². The van der Waals surface area contributed by atoms with Crippen molar-refractivity contribution in [3.8, 4) is 0 Å². The van der Waals surface area contributed by atoms with E-state index < -0.39 is 0 Å². The number of hydrogen-bond acceptors (Lipinski definition) is 2. The van der Waals surface area contributed by atoms with Gasteiger partial charge in [0.2, 0.25) is 5.56 Å². The highest BCUT2D eigenvalue weighted by Crippen LogP contribution is 2.32. The van der Waals surface area contributed by atoms with Crippen molar-refractivity contribution < 1.29 is 0 Å². The van der Waals surface area contributed by atoms with Crippen molar-refractivity contribution in [1.82, 2.24) is 4.98 Å². The average molecular weight is 380 g/mol. The lowest BCUT2D eigenvalue weighted by Crippen LogP contribution is -2.21. The number of pyridine rings is 1. The van der Waals surface area contributed by atoms with Crippen molar-refractivity contribution in [3.63, 3.8) is 0 Å². The van der Waals surface area contributed by atoms with Gasteiger partial charge >= 0.3 is 0 Å². The van der Waals surface area contributed by atoms with Gasteiger partial charge in [-0.2, -0.15) is 0 Å². The first-order chi connectivity index (χ1) is 9.63. The molecule has 0 bridgehead atoms. The van der Waals surface area contributed by atoms with Crippen molar-refractivity contribution >= 4 is 28.3 Å². The van der Waals surface area contributed by atoms with Gasteiger partial charge in [-0.3, -0.25) is 4.79 Å². The number of aryl methyl sites for hydroxylation is 2. The number of hydrogen-bond donors (Lipinski definition) is 2. The minimum Gasteiger partial charge on any atom is -0.378 e. The van der Waals surface area contributed by atoms with E-state index in [0.29, 0.717) is 0 Å². The quantitative estimate of drug-likeness (QED) is 0.779. The highest BCUT2D eigenvalue weighted by Gasteiger charge is 2.21. The predicted octanol–water partition coefficient (Wildman–Crippen LogP) is 3.78. The van der Waals surface area contributed by atoms with Crippen LogP contribution < -0.4 is 10.9 Å². The molecule has 1 unspecified atom stereocenters. The summed E-state index contributed by atoms with van der Waals surface area (Å²) in [4.78, 5) is 14.4. The Hall–Kier alpha value is -1.30. The molecule has 3 nitrogen and oxygen atoms in total. The molecule has 4 heteroatoms. The van der Waals surface area contributed by atoms with Crippen LogP contribution in [-0.2, 0) is 6.42 Å². The van der Waals surface area contributed by atoms with Crippen molar-refractivity contribution in [1.29, 1.82) is 0 Å². The number of anilines is 1. The molecular formula is C16H17IN2O. The van der Waals surface area contributed by atoms with Crippen LogP contribution in [0.1, 0.15) is 35.7 Å². The normalized spacial score (nSPS) is 17.6. The minimum atomic E-state index is -0.00477. The van der Waals surface area contributed by atoms with Crippen molar-refractivity contribution in [2.24, 2.45) is 0 Å². The highest BCUT2D eigenvalue weighted by molar-refractivity contribution is 14.1. The van der Waals surface area contributed by atoms with Gasteiger partial charge in [0.05, 0.1) is 6.04 Å². The van der Waals surface area contributed by atoms with E-state index in [1.807, 2.05) is 6.07 Å². The number of aromatic amines is 1. The average Bonchev–Trinajstić information content (AvgIpc) is 2.41. The second kappa shape index (κ2) is 5.60. The van der Waals surface area contributed by atoms with Gasteiger partial charge in [0, 0.05) is 21.0 Å². The molecule has 1 atom stereocenters. The molecule has 0 fully saturated rings. The summed E-state index contributed by atoms with van der Waals surface area (Å²) >= 11 is 2.33. The Bertz CT molecular complexity index is 693. The molecule has 3 rings (SSSR count). The standard InChI is InChI=1S/C16H17IN2O/c1-10-9-11(17)5-7-13(10)18-14-3-2-4-15-12(14)6-8-16(20)19-15/h5-9,14,18H,2-4H2,1H3,(H,19,20). The van der Waals surface area contributed by atoms with Crippen molar-refractivity contribution in [2.75, 3.05) is 5.32 Å². The molecule has 1 aromatic carbocycles. The first kappa shape index (κ1) is 13.7. The first-order valence-electron chi connectivity index (χ1n) is 6.88. The van der Waals surface area contributed by atoms with Gasteiger partial charge in [-0.1, -0.05) is 0 Å². The summed E-state index contributed by atoms with van der Waals surface area (Å²) in [5, 5.41) is 3.63. The summed E-state index contributed by atoms with van der Waals surface area (Å²) in [7, 11) is 0. The zero-order valence-corrected chi connectivity index (χ0v) is 13.5. The number of aromatic nitrogens is 1. The summed E-state index contributed by atoms with van der Waals surface area (Å²) < 4.78 is 1.25. The zero-order chi connectivity index (χ0) is 14.1. The van der Waals surface area contributed by atoms with Crippen molar-refractivity contribution in [3.05, 3.63) is 61.1 Å². The van der Waals surface area contributed by atoms with E-state index in [0.717, 1.165) is 25.0 Å². The summed E-state index contributed by atoms with van der Waals surface area (Å²) in [6, 6.07) is 10.3. The molecule has 0 saturated heterocycles. The number of fused-ring (bicyclic) bond motifs is 1. The molecular weight excluding hydrogens is 363 g/mol. The Labute approximate surface area is 132 Å². The van der Waals surface area contributed by atoms with Gasteiger partial charge in [0.25, 0.3) is 0 Å². The smallest absolute Gasteiger partial charge is 0.248 e. The second-order valence-electron chi connectivity index (χ2n) is 5.30. The van der Waals surface area contributed by atoms with E-state index in [9.17, 15) is 4.79 Å². The van der Waals surface area contributed by atoms with E-state index in [1.54, 1.807) is 6.07 Å². The Morgan fingerprint density at radius 3 is 2.95 bits per heavy atom. The lowest BCUT2D eigenvalue weighted by atomic mass is 9.91. The van der Waals surface area contributed by atoms with Gasteiger partial charge in [-0.25, -0.2) is 0 Å². The van der Waals surface area contributed by atoms with Gasteiger partial charge in [0.1, 0.15) is 0 Å². The third-order valence-electron chi connectivity index (χ3n) is 3.85. The van der Waals surface area contributed by atoms with Crippen LogP contribution in [0, 0.1) is 10.5 Å². The maximum absolute atomic E-state index is 11.4. The third kappa shape index (κ3) is 2.75. The SMILES string of the molecule is Cc1cc(I)ccc1NC1CCCc2[nH]c(=O)ccc21. The van der Waals surface area contributed by atoms with Crippen LogP contribution in [0.5, 0.6) is 0 Å². The van der Waals surface area contributed by atoms with E-state index >= 15 is 0 Å². The van der Waals surface area contributed by atoms with E-state index in [1.165, 1.54) is 20.4 Å². The van der Waals surface area contributed by atoms with Crippen LogP contribution in [-0.4, -0.2) is 4.98 Å². The number of benzene rings is 1. The van der Waals surface area contributed by atoms with Gasteiger partial charge in [-0.05, 0) is 84.2 Å². The molecule has 1 aliphatic rings. The Kier molecular flexibility index (Phi) is 3.83. The van der Waals surface area contributed by atoms with Crippen LogP contribution in [0.15, 0.2) is 35.1 Å². The summed E-state index contributed by atoms with van der Waals surface area (Å²) in [6.45, 7) is 2.13. The summed E-state index contributed by atoms with van der Waals surface area (Å²) in [5.41, 5.74) is 4.75. The molecule has 0 saturated carbocycles. The van der Waals surface area contributed by atoms with Crippen LogP contribution >= 0.6 is 22.6 Å². The molecule has 2 aromatic rings. The Balaban J connectivity index is 1.91. The number of nitrogens with one attached hydrogen (secondary N) is 2. The Morgan fingerprint density at radius 1 is 1.30 bits per heavy atom. The third-order valence-corrected chi connectivity index (χ3v) is 4.52. The molecule has 0 aliphatic heterocycles. The molecule has 1 aromatic heterocycles. The number of rotatable bonds is 2. The topological polar surface area (TPSA) is 44.9 Å². The fraction of sp³-hybridized carbons (Fsp3) is 0.312. The maximum Gasteiger partial charge on any atom is 0.248 e. The zero-order valence-electron chi connectivity index (χ0n) is 11.4. The minimum absolute atomic E-state index is 0.00477. The van der Waals surface area contributed by atoms with E-state index in [2.05, 4.69) is 58.0 Å². The number of halogens is 1. The van der Waals surface area contributed by atoms with E-state index in [4.69, 9.17) is 0 Å². The Morgan fingerprint density at radius 2 is 2.15 bits per heavy atom. The number of H-pyrrole nitrogens is 1. The first-order valence-corrected chi connectivity index (χ1v) is 7.96. The monoisotopic (exact) mass is 380 g/mol. The van der Waals surface area contributed by atoms with Gasteiger partial charge < -0.3 is 10.3 Å². The maximum atomic E-state index is 11.4. The molecule has 2 N–H and O–H groups in total. The molecule has 20 heavy (non-hydrogen) atoms. The lowest BCUT2D eigenvalue weighted by Gasteiger charge is -2.27. The second-order valence-corrected chi connectivity index (χ2v) is 6.55. The predicted molar refractivity (Wildman–Crippen MR) is 90.3 cm³/mol. The lowest BCUT2D eigenvalue weighted by molar-refractivity contribution is 0.586. The molecule has 0 amide bonds. The van der Waals surface area contributed by atoms with E-state index in [-0.39, 0.29) is 11.6 Å². The fourth-order valence-electron chi connectivity index (χ4n) is 2.83. The largest absolute Gasteiger partial charge is 0.378 e. The van der Waals surface area contributed by atoms with Gasteiger partial charge in [-0.15, -0.1) is 0 Å². The molecule has 1 heterocycles. The van der Waals surface area contributed by atoms with Gasteiger partial charge in [0.15, 0.2) is 0 Å². The molecule has 0 spiro atoms. The fourth-order valence-corrected chi connectivity index (χ4v) is 3.47. The summed E-state index contributed by atoms with van der Waals surface area (Å²) in [6.07, 6.45) is 3.17. The molecule has 1 aliphatic carbocycles. The van der Waals surface area contributed by atoms with Crippen LogP contribution in [0.3, 0.4) is 0 Å². The van der Waals surface area contributed by atoms with Crippen LogP contribution in [0.4, 0.5) is 5.69 Å². The highest BCUT2D eigenvalue weighted by atomic mass is 127. The molecule has 0 radical (unpaired) electrons. The van der Waals surface area contributed by atoms with Crippen LogP contribution in [0.2, 0.25) is 0 Å².